The number of rotatable bonds is 3. The molecule has 0 fully saturated rings. The average Bonchev–Trinajstić information content (AvgIpc) is 2.53. The van der Waals surface area contributed by atoms with Crippen LogP contribution in [0.4, 0.5) is 14.5 Å². The van der Waals surface area contributed by atoms with Crippen LogP contribution < -0.4 is 9.64 Å². The van der Waals surface area contributed by atoms with Crippen molar-refractivity contribution >= 4 is 11.6 Å². The molecule has 1 heterocycles. The van der Waals surface area contributed by atoms with Gasteiger partial charge in [-0.15, -0.1) is 0 Å². The summed E-state index contributed by atoms with van der Waals surface area (Å²) in [5, 5.41) is 0. The molecule has 0 spiro atoms. The summed E-state index contributed by atoms with van der Waals surface area (Å²) in [4.78, 5) is 13.9. The largest absolute Gasteiger partial charge is 0.490 e. The van der Waals surface area contributed by atoms with E-state index in [4.69, 9.17) is 4.74 Å². The minimum Gasteiger partial charge on any atom is -0.490 e. The van der Waals surface area contributed by atoms with Crippen molar-refractivity contribution in [2.24, 2.45) is 0 Å². The summed E-state index contributed by atoms with van der Waals surface area (Å²) in [6.45, 7) is 0.733. The Bertz CT molecular complexity index is 703. The second-order valence-corrected chi connectivity index (χ2v) is 5.10. The van der Waals surface area contributed by atoms with Gasteiger partial charge in [-0.05, 0) is 30.2 Å². The van der Waals surface area contributed by atoms with Crippen molar-refractivity contribution < 1.29 is 18.3 Å². The number of ether oxygens (including phenoxy) is 1. The number of benzene rings is 2. The molecule has 22 heavy (non-hydrogen) atoms. The summed E-state index contributed by atoms with van der Waals surface area (Å²) in [5.41, 5.74) is 0.938. The molecule has 0 unspecified atom stereocenters. The number of halogens is 2. The highest BCUT2D eigenvalue weighted by molar-refractivity contribution is 5.95. The van der Waals surface area contributed by atoms with Crippen LogP contribution in [0, 0.1) is 11.6 Å². The van der Waals surface area contributed by atoms with Gasteiger partial charge in [0.25, 0.3) is 0 Å². The summed E-state index contributed by atoms with van der Waals surface area (Å²) in [6.07, 6.45) is 0.477. The molecule has 2 aromatic rings. The van der Waals surface area contributed by atoms with Gasteiger partial charge in [0.15, 0.2) is 0 Å². The van der Waals surface area contributed by atoms with Gasteiger partial charge in [-0.2, -0.15) is 0 Å². The number of hydrogen-bond acceptors (Lipinski definition) is 2. The monoisotopic (exact) mass is 303 g/mol. The van der Waals surface area contributed by atoms with Crippen LogP contribution in [0.25, 0.3) is 0 Å². The molecule has 1 aliphatic heterocycles. The van der Waals surface area contributed by atoms with E-state index in [0.717, 1.165) is 0 Å². The molecule has 3 rings (SSSR count). The van der Waals surface area contributed by atoms with Gasteiger partial charge in [0.2, 0.25) is 5.91 Å². The number of hydrogen-bond donors (Lipinski definition) is 0. The predicted molar refractivity (Wildman–Crippen MR) is 79.0 cm³/mol. The molecule has 0 bridgehead atoms. The van der Waals surface area contributed by atoms with E-state index in [1.54, 1.807) is 18.2 Å². The van der Waals surface area contributed by atoms with Crippen LogP contribution >= 0.6 is 0 Å². The third-order valence-electron chi connectivity index (χ3n) is 3.65. The van der Waals surface area contributed by atoms with Gasteiger partial charge in [-0.1, -0.05) is 18.2 Å². The number of nitrogens with zero attached hydrogens (tertiary/aromatic N) is 1. The maximum Gasteiger partial charge on any atom is 0.227 e. The summed E-state index contributed by atoms with van der Waals surface area (Å²) >= 11 is 0. The fraction of sp³-hybridized carbons (Fsp3) is 0.235. The maximum atomic E-state index is 13.6. The SMILES string of the molecule is O=C(CCc1ccccc1F)N1CCOc2ccc(F)cc21. The van der Waals surface area contributed by atoms with Crippen molar-refractivity contribution in [2.75, 3.05) is 18.1 Å². The molecule has 0 aromatic heterocycles. The minimum atomic E-state index is -0.420. The van der Waals surface area contributed by atoms with Gasteiger partial charge in [0.1, 0.15) is 24.0 Å². The van der Waals surface area contributed by atoms with Crippen LogP contribution in [0.3, 0.4) is 0 Å². The maximum absolute atomic E-state index is 13.6. The van der Waals surface area contributed by atoms with Gasteiger partial charge >= 0.3 is 0 Å². The first-order chi connectivity index (χ1) is 10.6. The molecule has 0 saturated carbocycles. The van der Waals surface area contributed by atoms with Crippen LogP contribution in [0.15, 0.2) is 42.5 Å². The van der Waals surface area contributed by atoms with Crippen molar-refractivity contribution in [1.29, 1.82) is 0 Å². The average molecular weight is 303 g/mol. The van der Waals surface area contributed by atoms with Gasteiger partial charge in [-0.3, -0.25) is 4.79 Å². The third-order valence-corrected chi connectivity index (χ3v) is 3.65. The summed E-state index contributed by atoms with van der Waals surface area (Å²) in [5.74, 6) is -0.412. The highest BCUT2D eigenvalue weighted by Gasteiger charge is 2.24. The molecule has 5 heteroatoms. The zero-order chi connectivity index (χ0) is 15.5. The first kappa shape index (κ1) is 14.5. The van der Waals surface area contributed by atoms with Crippen LogP contribution in [-0.2, 0) is 11.2 Å². The van der Waals surface area contributed by atoms with Crippen LogP contribution in [0.5, 0.6) is 5.75 Å². The minimum absolute atomic E-state index is 0.164. The van der Waals surface area contributed by atoms with Crippen LogP contribution in [0.2, 0.25) is 0 Å². The number of aryl methyl sites for hydroxylation is 1. The Labute approximate surface area is 127 Å². The zero-order valence-electron chi connectivity index (χ0n) is 11.9. The third kappa shape index (κ3) is 2.93. The molecular formula is C17H15F2NO2. The highest BCUT2D eigenvalue weighted by Crippen LogP contribution is 2.32. The molecule has 0 radical (unpaired) electrons. The second-order valence-electron chi connectivity index (χ2n) is 5.10. The standard InChI is InChI=1S/C17H15F2NO2/c18-13-6-7-16-15(11-13)20(9-10-22-16)17(21)8-5-12-3-1-2-4-14(12)19/h1-4,6-7,11H,5,8-10H2. The van der Waals surface area contributed by atoms with E-state index in [2.05, 4.69) is 0 Å². The van der Waals surface area contributed by atoms with Gasteiger partial charge in [-0.25, -0.2) is 8.78 Å². The normalized spacial score (nSPS) is 13.5. The lowest BCUT2D eigenvalue weighted by molar-refractivity contribution is -0.118. The molecule has 114 valence electrons. The van der Waals surface area contributed by atoms with Crippen molar-refractivity contribution in [3.05, 3.63) is 59.7 Å². The lowest BCUT2D eigenvalue weighted by Crippen LogP contribution is -2.38. The number of amides is 1. The first-order valence-corrected chi connectivity index (χ1v) is 7.11. The summed E-state index contributed by atoms with van der Waals surface area (Å²) in [7, 11) is 0. The fourth-order valence-electron chi connectivity index (χ4n) is 2.53. The summed E-state index contributed by atoms with van der Waals surface area (Å²) < 4.78 is 32.4. The van der Waals surface area contributed by atoms with Gasteiger partial charge in [0, 0.05) is 12.5 Å². The van der Waals surface area contributed by atoms with Gasteiger partial charge < -0.3 is 9.64 Å². The van der Waals surface area contributed by atoms with Crippen LogP contribution in [-0.4, -0.2) is 19.1 Å². The Morgan fingerprint density at radius 2 is 2.00 bits per heavy atom. The Kier molecular flexibility index (Phi) is 4.04. The number of carbonyl (C=O) groups is 1. The van der Waals surface area contributed by atoms with Crippen molar-refractivity contribution in [3.8, 4) is 5.75 Å². The van der Waals surface area contributed by atoms with Crippen molar-refractivity contribution in [2.45, 2.75) is 12.8 Å². The Morgan fingerprint density at radius 3 is 2.82 bits per heavy atom. The first-order valence-electron chi connectivity index (χ1n) is 7.11. The fourth-order valence-corrected chi connectivity index (χ4v) is 2.53. The molecule has 3 nitrogen and oxygen atoms in total. The number of fused-ring (bicyclic) bond motifs is 1. The molecule has 0 saturated heterocycles. The van der Waals surface area contributed by atoms with Crippen molar-refractivity contribution in [1.82, 2.24) is 0 Å². The molecule has 1 aliphatic rings. The Hall–Kier alpha value is -2.43. The van der Waals surface area contributed by atoms with E-state index < -0.39 is 5.82 Å². The molecule has 0 atom stereocenters. The van der Waals surface area contributed by atoms with Crippen molar-refractivity contribution in [3.63, 3.8) is 0 Å². The Morgan fingerprint density at radius 1 is 1.18 bits per heavy atom. The predicted octanol–water partition coefficient (Wildman–Crippen LogP) is 3.32. The lowest BCUT2D eigenvalue weighted by atomic mass is 10.1. The Balaban J connectivity index is 1.74. The molecule has 2 aromatic carbocycles. The molecule has 0 aliphatic carbocycles. The van der Waals surface area contributed by atoms with E-state index in [0.29, 0.717) is 36.6 Å². The van der Waals surface area contributed by atoms with E-state index in [1.807, 2.05) is 0 Å². The summed E-state index contributed by atoms with van der Waals surface area (Å²) in [6, 6.07) is 10.5. The smallest absolute Gasteiger partial charge is 0.227 e. The van der Waals surface area contributed by atoms with Gasteiger partial charge in [0.05, 0.1) is 12.2 Å². The molecule has 0 N–H and O–H groups in total. The van der Waals surface area contributed by atoms with E-state index in [9.17, 15) is 13.6 Å². The lowest BCUT2D eigenvalue weighted by Gasteiger charge is -2.29. The van der Waals surface area contributed by atoms with E-state index in [-0.39, 0.29) is 18.1 Å². The zero-order valence-corrected chi connectivity index (χ0v) is 11.9. The number of anilines is 1. The van der Waals surface area contributed by atoms with E-state index >= 15 is 0 Å². The second kappa shape index (κ2) is 6.13. The molecular weight excluding hydrogens is 288 g/mol. The topological polar surface area (TPSA) is 29.5 Å². The molecule has 1 amide bonds. The highest BCUT2D eigenvalue weighted by atomic mass is 19.1. The van der Waals surface area contributed by atoms with Crippen LogP contribution in [0.1, 0.15) is 12.0 Å². The quantitative estimate of drug-likeness (QED) is 0.870. The number of carbonyl (C=O) groups excluding carboxylic acids is 1. The van der Waals surface area contributed by atoms with E-state index in [1.165, 1.54) is 29.2 Å².